The second-order valence-corrected chi connectivity index (χ2v) is 3.20. The molecule has 1 spiro atoms. The van der Waals surface area contributed by atoms with Gasteiger partial charge in [0.25, 0.3) is 5.91 Å². The second-order valence-electron chi connectivity index (χ2n) is 3.20. The molecule has 2 fully saturated rings. The number of hydrogen-bond acceptors (Lipinski definition) is 3. The average molecular weight is 169 g/mol. The average Bonchev–Trinajstić information content (AvgIpc) is 2.29. The van der Waals surface area contributed by atoms with Crippen molar-refractivity contribution in [2.75, 3.05) is 6.54 Å². The molecule has 3 N–H and O–H groups in total. The summed E-state index contributed by atoms with van der Waals surface area (Å²) in [5.74, 6) is -0.243. The lowest BCUT2D eigenvalue weighted by molar-refractivity contribution is -0.126. The summed E-state index contributed by atoms with van der Waals surface area (Å²) in [6, 6.07) is -0.394. The largest absolute Gasteiger partial charge is 0.323 e. The van der Waals surface area contributed by atoms with Gasteiger partial charge in [0.15, 0.2) is 5.66 Å². The summed E-state index contributed by atoms with van der Waals surface area (Å²) >= 11 is 0. The van der Waals surface area contributed by atoms with E-state index in [4.69, 9.17) is 0 Å². The Kier molecular flexibility index (Phi) is 1.54. The number of piperidine rings is 1. The summed E-state index contributed by atoms with van der Waals surface area (Å²) in [6.07, 6.45) is 2.72. The van der Waals surface area contributed by atoms with Gasteiger partial charge < -0.3 is 5.32 Å². The Hall–Kier alpha value is -1.10. The lowest BCUT2D eigenvalue weighted by atomic mass is 9.98. The normalized spacial score (nSPS) is 35.0. The number of rotatable bonds is 0. The Labute approximate surface area is 69.9 Å². The molecule has 3 amide bonds. The molecular formula is C7H11N3O2. The summed E-state index contributed by atoms with van der Waals surface area (Å²) in [7, 11) is 0. The molecule has 0 radical (unpaired) electrons. The molecule has 2 aliphatic rings. The number of imide groups is 1. The fraction of sp³-hybridized carbons (Fsp3) is 0.714. The maximum atomic E-state index is 11.3. The minimum absolute atomic E-state index is 0.243. The number of urea groups is 1. The number of carbonyl (C=O) groups is 2. The molecule has 2 rings (SSSR count). The molecule has 66 valence electrons. The molecule has 2 heterocycles. The van der Waals surface area contributed by atoms with Gasteiger partial charge in [0.05, 0.1) is 0 Å². The minimum Gasteiger partial charge on any atom is -0.311 e. The van der Waals surface area contributed by atoms with Gasteiger partial charge in [-0.25, -0.2) is 4.79 Å². The summed E-state index contributed by atoms with van der Waals surface area (Å²) < 4.78 is 0. The Bertz CT molecular complexity index is 233. The molecule has 0 aliphatic carbocycles. The van der Waals surface area contributed by atoms with Gasteiger partial charge in [-0.1, -0.05) is 0 Å². The monoisotopic (exact) mass is 169 g/mol. The molecule has 1 unspecified atom stereocenters. The van der Waals surface area contributed by atoms with E-state index in [9.17, 15) is 9.59 Å². The van der Waals surface area contributed by atoms with E-state index in [1.807, 2.05) is 0 Å². The maximum Gasteiger partial charge on any atom is 0.323 e. The predicted molar refractivity (Wildman–Crippen MR) is 41.3 cm³/mol. The van der Waals surface area contributed by atoms with Gasteiger partial charge in [-0.15, -0.1) is 0 Å². The van der Waals surface area contributed by atoms with Crippen molar-refractivity contribution < 1.29 is 9.59 Å². The van der Waals surface area contributed by atoms with Crippen molar-refractivity contribution in [3.8, 4) is 0 Å². The quantitative estimate of drug-likeness (QED) is 0.420. The van der Waals surface area contributed by atoms with E-state index in [-0.39, 0.29) is 5.91 Å². The van der Waals surface area contributed by atoms with Crippen LogP contribution in [0.1, 0.15) is 19.3 Å². The first-order valence-corrected chi connectivity index (χ1v) is 4.12. The highest BCUT2D eigenvalue weighted by atomic mass is 16.2. The number of nitrogens with one attached hydrogen (secondary N) is 3. The topological polar surface area (TPSA) is 70.2 Å². The van der Waals surface area contributed by atoms with Crippen molar-refractivity contribution >= 4 is 11.9 Å². The van der Waals surface area contributed by atoms with Crippen LogP contribution < -0.4 is 16.0 Å². The lowest BCUT2D eigenvalue weighted by Crippen LogP contribution is -2.60. The van der Waals surface area contributed by atoms with Crippen LogP contribution in [0.4, 0.5) is 4.79 Å². The van der Waals surface area contributed by atoms with Crippen LogP contribution in [0.15, 0.2) is 0 Å². The van der Waals surface area contributed by atoms with Gasteiger partial charge >= 0.3 is 6.03 Å². The smallest absolute Gasteiger partial charge is 0.311 e. The third-order valence-corrected chi connectivity index (χ3v) is 2.35. The van der Waals surface area contributed by atoms with Crippen molar-refractivity contribution in [2.24, 2.45) is 0 Å². The molecule has 1 atom stereocenters. The molecule has 0 saturated carbocycles. The molecule has 0 aromatic rings. The van der Waals surface area contributed by atoms with Crippen LogP contribution in [-0.2, 0) is 4.79 Å². The Morgan fingerprint density at radius 3 is 2.58 bits per heavy atom. The van der Waals surface area contributed by atoms with Crippen LogP contribution >= 0.6 is 0 Å². The van der Waals surface area contributed by atoms with Crippen molar-refractivity contribution in [3.05, 3.63) is 0 Å². The molecule has 12 heavy (non-hydrogen) atoms. The summed E-state index contributed by atoms with van der Waals surface area (Å²) in [6.45, 7) is 0.785. The van der Waals surface area contributed by atoms with E-state index in [0.29, 0.717) is 6.42 Å². The van der Waals surface area contributed by atoms with Gasteiger partial charge in [0.2, 0.25) is 0 Å². The molecule has 5 nitrogen and oxygen atoms in total. The van der Waals surface area contributed by atoms with E-state index in [0.717, 1.165) is 19.4 Å². The molecule has 2 aliphatic heterocycles. The molecule has 5 heteroatoms. The Morgan fingerprint density at radius 1 is 1.25 bits per heavy atom. The maximum absolute atomic E-state index is 11.3. The van der Waals surface area contributed by atoms with Gasteiger partial charge in [0, 0.05) is 0 Å². The van der Waals surface area contributed by atoms with Crippen LogP contribution in [0.2, 0.25) is 0 Å². The highest BCUT2D eigenvalue weighted by Gasteiger charge is 2.46. The second kappa shape index (κ2) is 2.45. The van der Waals surface area contributed by atoms with Gasteiger partial charge in [-0.05, 0) is 25.8 Å². The summed E-state index contributed by atoms with van der Waals surface area (Å²) in [5.41, 5.74) is -0.796. The SMILES string of the molecule is O=C1NC(=O)C2(CCCCN2)N1. The predicted octanol–water partition coefficient (Wildman–Crippen LogP) is -0.704. The van der Waals surface area contributed by atoms with Crippen LogP contribution in [0.25, 0.3) is 0 Å². The highest BCUT2D eigenvalue weighted by Crippen LogP contribution is 2.19. The van der Waals surface area contributed by atoms with E-state index < -0.39 is 11.7 Å². The molecule has 0 bridgehead atoms. The van der Waals surface area contributed by atoms with E-state index in [1.165, 1.54) is 0 Å². The van der Waals surface area contributed by atoms with E-state index >= 15 is 0 Å². The van der Waals surface area contributed by atoms with E-state index in [1.54, 1.807) is 0 Å². The van der Waals surface area contributed by atoms with Crippen molar-refractivity contribution in [3.63, 3.8) is 0 Å². The third kappa shape index (κ3) is 0.972. The molecule has 2 saturated heterocycles. The highest BCUT2D eigenvalue weighted by molar-refractivity contribution is 6.06. The standard InChI is InChI=1S/C7H11N3O2/c11-5-7(10-6(12)9-5)3-1-2-4-8-7/h8H,1-4H2,(H2,9,10,11,12). The third-order valence-electron chi connectivity index (χ3n) is 2.35. The number of hydrogen-bond donors (Lipinski definition) is 3. The summed E-state index contributed by atoms with van der Waals surface area (Å²) in [5, 5.41) is 7.86. The van der Waals surface area contributed by atoms with Crippen molar-refractivity contribution in [2.45, 2.75) is 24.9 Å². The fourth-order valence-electron chi connectivity index (χ4n) is 1.70. The molecule has 0 aromatic heterocycles. The van der Waals surface area contributed by atoms with Crippen molar-refractivity contribution in [1.82, 2.24) is 16.0 Å². The van der Waals surface area contributed by atoms with Crippen LogP contribution in [0.3, 0.4) is 0 Å². The Balaban J connectivity index is 2.18. The number of carbonyl (C=O) groups excluding carboxylic acids is 2. The molecular weight excluding hydrogens is 158 g/mol. The first-order valence-electron chi connectivity index (χ1n) is 4.12. The van der Waals surface area contributed by atoms with Crippen molar-refractivity contribution in [1.29, 1.82) is 0 Å². The summed E-state index contributed by atoms with van der Waals surface area (Å²) in [4.78, 5) is 22.1. The minimum atomic E-state index is -0.796. The van der Waals surface area contributed by atoms with Gasteiger partial charge in [0.1, 0.15) is 0 Å². The number of amides is 3. The fourth-order valence-corrected chi connectivity index (χ4v) is 1.70. The Morgan fingerprint density at radius 2 is 2.08 bits per heavy atom. The zero-order valence-corrected chi connectivity index (χ0v) is 6.64. The first kappa shape index (κ1) is 7.54. The first-order chi connectivity index (χ1) is 5.73. The lowest BCUT2D eigenvalue weighted by Gasteiger charge is -2.31. The zero-order chi connectivity index (χ0) is 8.60. The van der Waals surface area contributed by atoms with Crippen LogP contribution in [-0.4, -0.2) is 24.1 Å². The van der Waals surface area contributed by atoms with E-state index in [2.05, 4.69) is 16.0 Å². The van der Waals surface area contributed by atoms with Crippen LogP contribution in [0.5, 0.6) is 0 Å². The van der Waals surface area contributed by atoms with Gasteiger partial charge in [-0.2, -0.15) is 0 Å². The van der Waals surface area contributed by atoms with Gasteiger partial charge in [-0.3, -0.25) is 15.4 Å². The molecule has 0 aromatic carbocycles. The van der Waals surface area contributed by atoms with Crippen LogP contribution in [0, 0.1) is 0 Å². The zero-order valence-electron chi connectivity index (χ0n) is 6.64.